The van der Waals surface area contributed by atoms with Gasteiger partial charge in [0.25, 0.3) is 0 Å². The molecule has 4 heteroatoms. The lowest BCUT2D eigenvalue weighted by Crippen LogP contribution is -2.46. The first kappa shape index (κ1) is 20.4. The number of aromatic amines is 1. The molecule has 3 nitrogen and oxygen atoms in total. The Kier molecular flexibility index (Phi) is 6.51. The highest BCUT2D eigenvalue weighted by Gasteiger charge is 2.31. The van der Waals surface area contributed by atoms with Gasteiger partial charge in [-0.05, 0) is 48.6 Å². The normalized spacial score (nSPS) is 18.5. The van der Waals surface area contributed by atoms with E-state index in [0.29, 0.717) is 0 Å². The Morgan fingerprint density at radius 1 is 1.07 bits per heavy atom. The minimum Gasteiger partial charge on any atom is -0.358 e. The third-order valence-electron chi connectivity index (χ3n) is 6.22. The fourth-order valence-corrected chi connectivity index (χ4v) is 6.26. The lowest BCUT2D eigenvalue weighted by atomic mass is 9.94. The van der Waals surface area contributed by atoms with Crippen LogP contribution in [0, 0.1) is 0 Å². The molecule has 1 aromatic heterocycles. The molecule has 1 aliphatic heterocycles. The lowest BCUT2D eigenvalue weighted by Gasteiger charge is -2.30. The molecule has 0 bridgehead atoms. The van der Waals surface area contributed by atoms with Gasteiger partial charge in [0.2, 0.25) is 0 Å². The molecule has 154 valence electrons. The van der Waals surface area contributed by atoms with Crippen molar-refractivity contribution in [3.8, 4) is 0 Å². The lowest BCUT2D eigenvalue weighted by molar-refractivity contribution is 0.449. The smallest absolute Gasteiger partial charge is 0.0576 e. The highest BCUT2D eigenvalue weighted by molar-refractivity contribution is 7.85. The summed E-state index contributed by atoms with van der Waals surface area (Å²) in [5.74, 6) is 0. The molecule has 2 N–H and O–H groups in total. The molecule has 0 radical (unpaired) electrons. The minimum atomic E-state index is -1.000. The number of hydrogen-bond acceptors (Lipinski definition) is 2. The van der Waals surface area contributed by atoms with Crippen LogP contribution in [0.2, 0.25) is 0 Å². The number of rotatable bonds is 8. The summed E-state index contributed by atoms with van der Waals surface area (Å²) in [7, 11) is -1.000. The summed E-state index contributed by atoms with van der Waals surface area (Å²) >= 11 is 0. The molecule has 3 atom stereocenters. The maximum absolute atomic E-state index is 13.2. The molecule has 0 aliphatic carbocycles. The Morgan fingerprint density at radius 2 is 1.90 bits per heavy atom. The van der Waals surface area contributed by atoms with Gasteiger partial charge in [-0.15, -0.1) is 0 Å². The molecule has 0 spiro atoms. The average molecular weight is 409 g/mol. The maximum Gasteiger partial charge on any atom is 0.0576 e. The summed E-state index contributed by atoms with van der Waals surface area (Å²) in [6, 6.07) is 16.8. The van der Waals surface area contributed by atoms with E-state index >= 15 is 0 Å². The van der Waals surface area contributed by atoms with Crippen molar-refractivity contribution in [1.82, 2.24) is 10.3 Å². The maximum atomic E-state index is 13.2. The summed E-state index contributed by atoms with van der Waals surface area (Å²) in [6.07, 6.45) is 6.74. The fourth-order valence-electron chi connectivity index (χ4n) is 4.70. The average Bonchev–Trinajstić information content (AvgIpc) is 3.13. The predicted molar refractivity (Wildman–Crippen MR) is 123 cm³/mol. The summed E-state index contributed by atoms with van der Waals surface area (Å²) in [4.78, 5) is 4.63. The topological polar surface area (TPSA) is 44.9 Å². The molecule has 0 saturated heterocycles. The van der Waals surface area contributed by atoms with E-state index in [0.717, 1.165) is 30.7 Å². The second-order valence-corrected chi connectivity index (χ2v) is 9.80. The zero-order valence-corrected chi connectivity index (χ0v) is 18.4. The molecule has 29 heavy (non-hydrogen) atoms. The van der Waals surface area contributed by atoms with Crippen molar-refractivity contribution < 1.29 is 4.21 Å². The van der Waals surface area contributed by atoms with Crippen molar-refractivity contribution in [2.24, 2.45) is 0 Å². The fraction of sp³-hybridized carbons (Fsp3) is 0.440. The molecule has 3 unspecified atom stereocenters. The largest absolute Gasteiger partial charge is 0.358 e. The van der Waals surface area contributed by atoms with Gasteiger partial charge in [-0.25, -0.2) is 0 Å². The molecule has 0 amide bonds. The quantitative estimate of drug-likeness (QED) is 0.483. The molecule has 2 aromatic carbocycles. The van der Waals surface area contributed by atoms with Crippen LogP contribution < -0.4 is 5.32 Å². The first-order valence-electron chi connectivity index (χ1n) is 11.0. The van der Waals surface area contributed by atoms with Crippen molar-refractivity contribution in [3.05, 3.63) is 65.4 Å². The zero-order valence-electron chi connectivity index (χ0n) is 17.5. The number of benzene rings is 2. The van der Waals surface area contributed by atoms with Crippen LogP contribution >= 0.6 is 0 Å². The Hall–Kier alpha value is -1.91. The van der Waals surface area contributed by atoms with E-state index in [1.165, 1.54) is 47.0 Å². The third kappa shape index (κ3) is 4.19. The monoisotopic (exact) mass is 408 g/mol. The van der Waals surface area contributed by atoms with Gasteiger partial charge < -0.3 is 10.3 Å². The van der Waals surface area contributed by atoms with E-state index in [4.69, 9.17) is 0 Å². The second-order valence-electron chi connectivity index (χ2n) is 8.13. The van der Waals surface area contributed by atoms with Gasteiger partial charge in [0.05, 0.1) is 16.0 Å². The van der Waals surface area contributed by atoms with Gasteiger partial charge in [-0.1, -0.05) is 57.0 Å². The van der Waals surface area contributed by atoms with Gasteiger partial charge in [0, 0.05) is 40.5 Å². The van der Waals surface area contributed by atoms with Gasteiger partial charge in [-0.2, -0.15) is 0 Å². The highest BCUT2D eigenvalue weighted by atomic mass is 32.2. The van der Waals surface area contributed by atoms with E-state index in [2.05, 4.69) is 42.3 Å². The number of aryl methyl sites for hydroxylation is 1. The molecular weight excluding hydrogens is 376 g/mol. The number of hydrogen-bond donors (Lipinski definition) is 2. The minimum absolute atomic E-state index is 0.112. The van der Waals surface area contributed by atoms with E-state index < -0.39 is 10.8 Å². The van der Waals surface area contributed by atoms with Crippen LogP contribution in [0.5, 0.6) is 0 Å². The van der Waals surface area contributed by atoms with E-state index in [1.807, 2.05) is 30.3 Å². The van der Waals surface area contributed by atoms with Gasteiger partial charge in [0.1, 0.15) is 0 Å². The Balaban J connectivity index is 1.59. The predicted octanol–water partition coefficient (Wildman–Crippen LogP) is 5.50. The SMILES string of the molecule is CCCCCc1cccc2[nH]c3c(c12)CNC(C(CC)S(=O)c1ccccc1)C3. The molecule has 1 aliphatic rings. The molecule has 4 rings (SSSR count). The molecule has 3 aromatic rings. The van der Waals surface area contributed by atoms with Crippen LogP contribution in [0.15, 0.2) is 53.4 Å². The van der Waals surface area contributed by atoms with Gasteiger partial charge >= 0.3 is 0 Å². The Labute approximate surface area is 176 Å². The number of fused-ring (bicyclic) bond motifs is 3. The first-order valence-corrected chi connectivity index (χ1v) is 12.2. The summed E-state index contributed by atoms with van der Waals surface area (Å²) in [6.45, 7) is 5.26. The first-order chi connectivity index (χ1) is 14.2. The summed E-state index contributed by atoms with van der Waals surface area (Å²) in [5.41, 5.74) is 5.47. The van der Waals surface area contributed by atoms with E-state index in [-0.39, 0.29) is 11.3 Å². The number of nitrogens with one attached hydrogen (secondary N) is 2. The van der Waals surface area contributed by atoms with Crippen LogP contribution in [-0.4, -0.2) is 20.5 Å². The van der Waals surface area contributed by atoms with Crippen LogP contribution in [0.25, 0.3) is 10.9 Å². The van der Waals surface area contributed by atoms with Crippen molar-refractivity contribution in [1.29, 1.82) is 0 Å². The Bertz CT molecular complexity index is 979. The molecule has 2 heterocycles. The molecule has 0 saturated carbocycles. The van der Waals surface area contributed by atoms with E-state index in [9.17, 15) is 4.21 Å². The number of unbranched alkanes of at least 4 members (excludes halogenated alkanes) is 2. The van der Waals surface area contributed by atoms with Gasteiger partial charge in [0.15, 0.2) is 0 Å². The van der Waals surface area contributed by atoms with E-state index in [1.54, 1.807) is 0 Å². The van der Waals surface area contributed by atoms with Crippen LogP contribution in [0.1, 0.15) is 56.4 Å². The van der Waals surface area contributed by atoms with Crippen molar-refractivity contribution in [2.75, 3.05) is 0 Å². The standard InChI is InChI=1S/C25H32N2OS/c1-3-5-7-11-18-12-10-15-21-25(18)20-17-26-23(16-22(20)27-21)24(4-2)29(28)19-13-8-6-9-14-19/h6,8-10,12-15,23-24,26-27H,3-5,7,11,16-17H2,1-2H3. The summed E-state index contributed by atoms with van der Waals surface area (Å²) < 4.78 is 13.2. The third-order valence-corrected chi connectivity index (χ3v) is 8.17. The molecule has 0 fully saturated rings. The van der Waals surface area contributed by atoms with Crippen LogP contribution in [0.4, 0.5) is 0 Å². The van der Waals surface area contributed by atoms with Crippen molar-refractivity contribution >= 4 is 21.7 Å². The van der Waals surface area contributed by atoms with Crippen LogP contribution in [-0.2, 0) is 30.2 Å². The summed E-state index contributed by atoms with van der Waals surface area (Å²) in [5, 5.41) is 5.27. The number of H-pyrrole nitrogens is 1. The van der Waals surface area contributed by atoms with Crippen molar-refractivity contribution in [2.45, 2.75) is 75.1 Å². The van der Waals surface area contributed by atoms with Crippen molar-refractivity contribution in [3.63, 3.8) is 0 Å². The second kappa shape index (κ2) is 9.27. The Morgan fingerprint density at radius 3 is 2.66 bits per heavy atom. The van der Waals surface area contributed by atoms with Gasteiger partial charge in [-0.3, -0.25) is 4.21 Å². The molecular formula is C25H32N2OS. The number of aromatic nitrogens is 1. The zero-order chi connectivity index (χ0) is 20.2. The van der Waals surface area contributed by atoms with Crippen LogP contribution in [0.3, 0.4) is 0 Å². The highest BCUT2D eigenvalue weighted by Crippen LogP contribution is 2.32.